The second-order valence-corrected chi connectivity index (χ2v) is 4.54. The van der Waals surface area contributed by atoms with Crippen LogP contribution in [0.4, 0.5) is 10.1 Å². The van der Waals surface area contributed by atoms with Crippen LogP contribution in [-0.2, 0) is 6.42 Å². The summed E-state index contributed by atoms with van der Waals surface area (Å²) in [5, 5.41) is 3.35. The van der Waals surface area contributed by atoms with Crippen molar-refractivity contribution < 1.29 is 4.39 Å². The zero-order valence-corrected chi connectivity index (χ0v) is 9.51. The molecule has 0 aromatic heterocycles. The number of para-hydroxylation sites is 1. The second kappa shape index (κ2) is 5.30. The van der Waals surface area contributed by atoms with E-state index in [1.54, 1.807) is 6.07 Å². The molecule has 3 N–H and O–H groups in total. The number of aryl methyl sites for hydroxylation is 1. The maximum absolute atomic E-state index is 13.2. The average molecular weight is 222 g/mol. The van der Waals surface area contributed by atoms with Crippen LogP contribution in [0.5, 0.6) is 0 Å². The summed E-state index contributed by atoms with van der Waals surface area (Å²) >= 11 is 0. The van der Waals surface area contributed by atoms with Crippen molar-refractivity contribution in [1.82, 2.24) is 5.32 Å². The maximum Gasteiger partial charge on any atom is 0.146 e. The first kappa shape index (κ1) is 11.4. The first-order valence-corrected chi connectivity index (χ1v) is 6.01. The molecule has 1 heterocycles. The highest BCUT2D eigenvalue weighted by Gasteiger charge is 2.13. The van der Waals surface area contributed by atoms with Crippen LogP contribution < -0.4 is 11.1 Å². The molecule has 0 amide bonds. The fourth-order valence-electron chi connectivity index (χ4n) is 2.33. The zero-order chi connectivity index (χ0) is 11.4. The molecule has 1 aliphatic rings. The van der Waals surface area contributed by atoms with Gasteiger partial charge in [-0.2, -0.15) is 0 Å². The number of piperidine rings is 1. The third kappa shape index (κ3) is 2.73. The number of nitrogen functional groups attached to an aromatic ring is 1. The minimum Gasteiger partial charge on any atom is -0.396 e. The lowest BCUT2D eigenvalue weighted by molar-refractivity contribution is 0.354. The molecule has 0 aliphatic carbocycles. The van der Waals surface area contributed by atoms with Gasteiger partial charge in [0.25, 0.3) is 0 Å². The van der Waals surface area contributed by atoms with Crippen LogP contribution in [0.15, 0.2) is 18.2 Å². The van der Waals surface area contributed by atoms with Crippen LogP contribution in [0.1, 0.15) is 24.8 Å². The fraction of sp³-hybridized carbons (Fsp3) is 0.538. The molecule has 0 atom stereocenters. The van der Waals surface area contributed by atoms with Crippen LogP contribution in [0.25, 0.3) is 0 Å². The van der Waals surface area contributed by atoms with Gasteiger partial charge in [-0.1, -0.05) is 12.1 Å². The third-order valence-corrected chi connectivity index (χ3v) is 3.42. The summed E-state index contributed by atoms with van der Waals surface area (Å²) < 4.78 is 13.2. The summed E-state index contributed by atoms with van der Waals surface area (Å²) in [5.41, 5.74) is 7.00. The van der Waals surface area contributed by atoms with Gasteiger partial charge >= 0.3 is 0 Å². The quantitative estimate of drug-likeness (QED) is 0.770. The first-order chi connectivity index (χ1) is 7.77. The van der Waals surface area contributed by atoms with Crippen molar-refractivity contribution in [3.05, 3.63) is 29.6 Å². The molecular weight excluding hydrogens is 203 g/mol. The van der Waals surface area contributed by atoms with Gasteiger partial charge in [-0.15, -0.1) is 0 Å². The number of rotatable bonds is 3. The van der Waals surface area contributed by atoms with Gasteiger partial charge in [-0.05, 0) is 56.3 Å². The number of nitrogens with one attached hydrogen (secondary N) is 1. The molecule has 0 bridgehead atoms. The monoisotopic (exact) mass is 222 g/mol. The minimum absolute atomic E-state index is 0.289. The van der Waals surface area contributed by atoms with E-state index in [2.05, 4.69) is 5.32 Å². The third-order valence-electron chi connectivity index (χ3n) is 3.42. The smallest absolute Gasteiger partial charge is 0.146 e. The Bertz CT molecular complexity index is 346. The Hall–Kier alpha value is -1.09. The number of benzene rings is 1. The Morgan fingerprint density at radius 1 is 1.31 bits per heavy atom. The van der Waals surface area contributed by atoms with Gasteiger partial charge in [0, 0.05) is 0 Å². The molecule has 16 heavy (non-hydrogen) atoms. The van der Waals surface area contributed by atoms with E-state index in [1.165, 1.54) is 18.9 Å². The van der Waals surface area contributed by atoms with Crippen molar-refractivity contribution in [2.45, 2.75) is 25.7 Å². The average Bonchev–Trinajstić information content (AvgIpc) is 2.32. The lowest BCUT2D eigenvalue weighted by Gasteiger charge is -2.22. The Labute approximate surface area is 96.0 Å². The SMILES string of the molecule is Nc1c(F)cccc1CCC1CCNCC1. The van der Waals surface area contributed by atoms with Crippen molar-refractivity contribution in [2.75, 3.05) is 18.8 Å². The highest BCUT2D eigenvalue weighted by Crippen LogP contribution is 2.22. The van der Waals surface area contributed by atoms with Crippen LogP contribution >= 0.6 is 0 Å². The van der Waals surface area contributed by atoms with Crippen LogP contribution in [0.2, 0.25) is 0 Å². The van der Waals surface area contributed by atoms with Gasteiger partial charge in [-0.25, -0.2) is 4.39 Å². The van der Waals surface area contributed by atoms with E-state index in [0.717, 1.165) is 37.4 Å². The second-order valence-electron chi connectivity index (χ2n) is 4.54. The lowest BCUT2D eigenvalue weighted by Crippen LogP contribution is -2.27. The van der Waals surface area contributed by atoms with E-state index >= 15 is 0 Å². The molecule has 1 aromatic rings. The fourth-order valence-corrected chi connectivity index (χ4v) is 2.33. The zero-order valence-electron chi connectivity index (χ0n) is 9.51. The number of anilines is 1. The molecule has 2 rings (SSSR count). The van der Waals surface area contributed by atoms with Gasteiger partial charge in [0.15, 0.2) is 0 Å². The van der Waals surface area contributed by atoms with E-state index in [9.17, 15) is 4.39 Å². The molecule has 1 aromatic carbocycles. The van der Waals surface area contributed by atoms with Gasteiger partial charge in [-0.3, -0.25) is 0 Å². The summed E-state index contributed by atoms with van der Waals surface area (Å²) in [6.45, 7) is 2.23. The van der Waals surface area contributed by atoms with E-state index in [0.29, 0.717) is 5.69 Å². The predicted molar refractivity (Wildman–Crippen MR) is 64.7 cm³/mol. The van der Waals surface area contributed by atoms with Gasteiger partial charge in [0.1, 0.15) is 5.82 Å². The van der Waals surface area contributed by atoms with E-state index in [1.807, 2.05) is 6.07 Å². The Morgan fingerprint density at radius 2 is 2.06 bits per heavy atom. The van der Waals surface area contributed by atoms with Crippen molar-refractivity contribution in [1.29, 1.82) is 0 Å². The minimum atomic E-state index is -0.289. The van der Waals surface area contributed by atoms with E-state index < -0.39 is 0 Å². The van der Waals surface area contributed by atoms with Crippen LogP contribution in [0.3, 0.4) is 0 Å². The number of halogens is 1. The molecule has 1 aliphatic heterocycles. The molecule has 0 radical (unpaired) electrons. The normalized spacial score (nSPS) is 17.6. The summed E-state index contributed by atoms with van der Waals surface area (Å²) in [4.78, 5) is 0. The van der Waals surface area contributed by atoms with Crippen molar-refractivity contribution in [2.24, 2.45) is 5.92 Å². The maximum atomic E-state index is 13.2. The number of hydrogen-bond acceptors (Lipinski definition) is 2. The molecule has 2 nitrogen and oxygen atoms in total. The van der Waals surface area contributed by atoms with Crippen LogP contribution in [0, 0.1) is 11.7 Å². The van der Waals surface area contributed by atoms with Gasteiger partial charge in [0.2, 0.25) is 0 Å². The van der Waals surface area contributed by atoms with Crippen molar-refractivity contribution in [3.8, 4) is 0 Å². The molecule has 1 saturated heterocycles. The Balaban J connectivity index is 1.91. The molecule has 0 saturated carbocycles. The van der Waals surface area contributed by atoms with Crippen LogP contribution in [-0.4, -0.2) is 13.1 Å². The Kier molecular flexibility index (Phi) is 3.78. The standard InChI is InChI=1S/C13H19FN2/c14-12-3-1-2-11(13(12)15)5-4-10-6-8-16-9-7-10/h1-3,10,16H,4-9,15H2. The Morgan fingerprint density at radius 3 is 2.81 bits per heavy atom. The summed E-state index contributed by atoms with van der Waals surface area (Å²) in [7, 11) is 0. The molecule has 88 valence electrons. The van der Waals surface area contributed by atoms with Crippen molar-refractivity contribution >= 4 is 5.69 Å². The first-order valence-electron chi connectivity index (χ1n) is 6.01. The molecule has 0 spiro atoms. The summed E-state index contributed by atoms with van der Waals surface area (Å²) in [5.74, 6) is 0.478. The molecule has 0 unspecified atom stereocenters. The van der Waals surface area contributed by atoms with Crippen molar-refractivity contribution in [3.63, 3.8) is 0 Å². The highest BCUT2D eigenvalue weighted by molar-refractivity contribution is 5.47. The van der Waals surface area contributed by atoms with E-state index in [-0.39, 0.29) is 5.82 Å². The number of hydrogen-bond donors (Lipinski definition) is 2. The topological polar surface area (TPSA) is 38.0 Å². The molecule has 1 fully saturated rings. The van der Waals surface area contributed by atoms with Gasteiger partial charge in [0.05, 0.1) is 5.69 Å². The highest BCUT2D eigenvalue weighted by atomic mass is 19.1. The van der Waals surface area contributed by atoms with E-state index in [4.69, 9.17) is 5.73 Å². The number of nitrogens with two attached hydrogens (primary N) is 1. The summed E-state index contributed by atoms with van der Waals surface area (Å²) in [6.07, 6.45) is 4.48. The molecular formula is C13H19FN2. The largest absolute Gasteiger partial charge is 0.396 e. The summed E-state index contributed by atoms with van der Waals surface area (Å²) in [6, 6.07) is 5.09. The molecule has 3 heteroatoms. The predicted octanol–water partition coefficient (Wildman–Crippen LogP) is 2.34. The lowest BCUT2D eigenvalue weighted by atomic mass is 9.91. The van der Waals surface area contributed by atoms with Gasteiger partial charge < -0.3 is 11.1 Å².